The Kier molecular flexibility index (Phi) is 4.90. The van der Waals surface area contributed by atoms with E-state index in [0.29, 0.717) is 12.8 Å². The lowest BCUT2D eigenvalue weighted by Crippen LogP contribution is -1.98. The highest BCUT2D eigenvalue weighted by atomic mass is 16.3. The summed E-state index contributed by atoms with van der Waals surface area (Å²) in [6.07, 6.45) is 0.908. The summed E-state index contributed by atoms with van der Waals surface area (Å²) in [4.78, 5) is 0. The molecule has 3 rings (SSSR count). The Bertz CT molecular complexity index is 958. The Morgan fingerprint density at radius 2 is 1.15 bits per heavy atom. The predicted octanol–water partition coefficient (Wildman–Crippen LogP) is 4.91. The number of aryl methyl sites for hydroxylation is 3. The first-order valence-corrected chi connectivity index (χ1v) is 8.72. The van der Waals surface area contributed by atoms with Crippen LogP contribution in [0.1, 0.15) is 38.9 Å². The molecule has 0 aliphatic rings. The van der Waals surface area contributed by atoms with Crippen LogP contribution in [-0.4, -0.2) is 15.3 Å². The number of rotatable bonds is 4. The van der Waals surface area contributed by atoms with Crippen LogP contribution in [0.2, 0.25) is 0 Å². The fourth-order valence-corrected chi connectivity index (χ4v) is 3.26. The van der Waals surface area contributed by atoms with Gasteiger partial charge in [-0.25, -0.2) is 0 Å². The summed E-state index contributed by atoms with van der Waals surface area (Å²) in [5.74, 6) is 0.691. The van der Waals surface area contributed by atoms with E-state index < -0.39 is 0 Å². The van der Waals surface area contributed by atoms with Gasteiger partial charge in [0.15, 0.2) is 0 Å². The summed E-state index contributed by atoms with van der Waals surface area (Å²) in [6, 6.07) is 14.8. The van der Waals surface area contributed by atoms with Crippen LogP contribution in [0, 0.1) is 20.8 Å². The minimum absolute atomic E-state index is 0.229. The molecule has 3 N–H and O–H groups in total. The third kappa shape index (κ3) is 3.67. The second kappa shape index (κ2) is 7.12. The Hall–Kier alpha value is -2.94. The van der Waals surface area contributed by atoms with Crippen LogP contribution in [0.3, 0.4) is 0 Å². The van der Waals surface area contributed by atoms with E-state index in [2.05, 4.69) is 0 Å². The Labute approximate surface area is 154 Å². The van der Waals surface area contributed by atoms with Crippen LogP contribution in [0.15, 0.2) is 48.5 Å². The van der Waals surface area contributed by atoms with Gasteiger partial charge in [0.05, 0.1) is 0 Å². The highest BCUT2D eigenvalue weighted by Crippen LogP contribution is 2.33. The van der Waals surface area contributed by atoms with Gasteiger partial charge in [-0.05, 0) is 55.2 Å². The van der Waals surface area contributed by atoms with Crippen molar-refractivity contribution in [3.05, 3.63) is 87.5 Å². The van der Waals surface area contributed by atoms with E-state index in [1.807, 2.05) is 57.2 Å². The van der Waals surface area contributed by atoms with Crippen LogP contribution in [-0.2, 0) is 12.8 Å². The van der Waals surface area contributed by atoms with Crippen LogP contribution < -0.4 is 0 Å². The summed E-state index contributed by atoms with van der Waals surface area (Å²) >= 11 is 0. The molecule has 0 heterocycles. The molecule has 3 aromatic rings. The van der Waals surface area contributed by atoms with Gasteiger partial charge in [-0.2, -0.15) is 0 Å². The zero-order valence-corrected chi connectivity index (χ0v) is 15.4. The van der Waals surface area contributed by atoms with Gasteiger partial charge in [0.25, 0.3) is 0 Å². The molecule has 0 aliphatic heterocycles. The van der Waals surface area contributed by atoms with Crippen molar-refractivity contribution in [2.45, 2.75) is 33.6 Å². The van der Waals surface area contributed by atoms with E-state index in [0.717, 1.165) is 38.9 Å². The summed E-state index contributed by atoms with van der Waals surface area (Å²) in [5.41, 5.74) is 6.24. The first-order chi connectivity index (χ1) is 12.3. The quantitative estimate of drug-likeness (QED) is 0.628. The molecule has 3 nitrogen and oxygen atoms in total. The van der Waals surface area contributed by atoms with E-state index in [4.69, 9.17) is 0 Å². The highest BCUT2D eigenvalue weighted by molar-refractivity contribution is 5.52. The summed E-state index contributed by atoms with van der Waals surface area (Å²) in [5, 5.41) is 31.1. The molecule has 0 radical (unpaired) electrons. The molecule has 0 unspecified atom stereocenters. The molecule has 0 fully saturated rings. The maximum Gasteiger partial charge on any atom is 0.122 e. The maximum absolute atomic E-state index is 10.8. The van der Waals surface area contributed by atoms with E-state index in [1.165, 1.54) is 0 Å². The van der Waals surface area contributed by atoms with Crippen molar-refractivity contribution in [1.82, 2.24) is 0 Å². The first-order valence-electron chi connectivity index (χ1n) is 8.72. The first kappa shape index (κ1) is 17.9. The molecular formula is C23H24O3. The molecular weight excluding hydrogens is 324 g/mol. The van der Waals surface area contributed by atoms with Gasteiger partial charge < -0.3 is 15.3 Å². The smallest absolute Gasteiger partial charge is 0.122 e. The molecule has 0 spiro atoms. The highest BCUT2D eigenvalue weighted by Gasteiger charge is 2.14. The largest absolute Gasteiger partial charge is 0.508 e. The van der Waals surface area contributed by atoms with Crippen molar-refractivity contribution in [3.63, 3.8) is 0 Å². The minimum atomic E-state index is 0.229. The zero-order chi connectivity index (χ0) is 18.8. The second-order valence-corrected chi connectivity index (χ2v) is 6.99. The SMILES string of the molecule is Cc1ccc(O)c(Cc2ccc(C)c(Cc3cc(C)ccc3O)c2O)c1. The fourth-order valence-electron chi connectivity index (χ4n) is 3.26. The maximum atomic E-state index is 10.8. The van der Waals surface area contributed by atoms with Crippen LogP contribution in [0.5, 0.6) is 17.2 Å². The third-order valence-corrected chi connectivity index (χ3v) is 4.82. The van der Waals surface area contributed by atoms with Gasteiger partial charge in [0, 0.05) is 18.4 Å². The molecule has 26 heavy (non-hydrogen) atoms. The molecule has 0 saturated heterocycles. The topological polar surface area (TPSA) is 60.7 Å². The van der Waals surface area contributed by atoms with Crippen LogP contribution in [0.25, 0.3) is 0 Å². The summed E-state index contributed by atoms with van der Waals surface area (Å²) in [6.45, 7) is 5.91. The van der Waals surface area contributed by atoms with Crippen molar-refractivity contribution in [1.29, 1.82) is 0 Å². The van der Waals surface area contributed by atoms with Crippen molar-refractivity contribution in [3.8, 4) is 17.2 Å². The fraction of sp³-hybridized carbons (Fsp3) is 0.217. The van der Waals surface area contributed by atoms with Crippen molar-refractivity contribution < 1.29 is 15.3 Å². The molecule has 134 valence electrons. The van der Waals surface area contributed by atoms with Crippen molar-refractivity contribution in [2.24, 2.45) is 0 Å². The van der Waals surface area contributed by atoms with E-state index in [1.54, 1.807) is 12.1 Å². The van der Waals surface area contributed by atoms with Crippen LogP contribution >= 0.6 is 0 Å². The van der Waals surface area contributed by atoms with Crippen molar-refractivity contribution in [2.75, 3.05) is 0 Å². The van der Waals surface area contributed by atoms with E-state index in [-0.39, 0.29) is 17.2 Å². The normalized spacial score (nSPS) is 10.9. The number of benzene rings is 3. The molecule has 0 aromatic heterocycles. The predicted molar refractivity (Wildman–Crippen MR) is 104 cm³/mol. The molecule has 0 atom stereocenters. The van der Waals surface area contributed by atoms with Crippen LogP contribution in [0.4, 0.5) is 0 Å². The van der Waals surface area contributed by atoms with E-state index in [9.17, 15) is 15.3 Å². The van der Waals surface area contributed by atoms with Gasteiger partial charge in [-0.1, -0.05) is 47.5 Å². The Balaban J connectivity index is 1.98. The molecule has 0 saturated carbocycles. The average molecular weight is 348 g/mol. The number of hydrogen-bond donors (Lipinski definition) is 3. The summed E-state index contributed by atoms with van der Waals surface area (Å²) in [7, 11) is 0. The molecule has 3 aromatic carbocycles. The lowest BCUT2D eigenvalue weighted by molar-refractivity contribution is 0.456. The van der Waals surface area contributed by atoms with Gasteiger partial charge in [-0.3, -0.25) is 0 Å². The standard InChI is InChI=1S/C23H24O3/c1-14-4-8-21(24)18(10-14)12-17-7-6-16(3)20(23(17)26)13-19-11-15(2)5-9-22(19)25/h4-11,24-26H,12-13H2,1-3H3. The van der Waals surface area contributed by atoms with Gasteiger partial charge in [0.2, 0.25) is 0 Å². The average Bonchev–Trinajstić information content (AvgIpc) is 2.60. The van der Waals surface area contributed by atoms with Gasteiger partial charge in [0.1, 0.15) is 17.2 Å². The Morgan fingerprint density at radius 1 is 0.615 bits per heavy atom. The summed E-state index contributed by atoms with van der Waals surface area (Å²) < 4.78 is 0. The molecule has 0 aliphatic carbocycles. The van der Waals surface area contributed by atoms with Gasteiger partial charge >= 0.3 is 0 Å². The molecule has 3 heteroatoms. The lowest BCUT2D eigenvalue weighted by atomic mass is 9.93. The number of aromatic hydroxyl groups is 3. The lowest BCUT2D eigenvalue weighted by Gasteiger charge is -2.15. The minimum Gasteiger partial charge on any atom is -0.508 e. The second-order valence-electron chi connectivity index (χ2n) is 6.99. The number of hydrogen-bond acceptors (Lipinski definition) is 3. The number of phenols is 3. The Morgan fingerprint density at radius 3 is 1.73 bits per heavy atom. The van der Waals surface area contributed by atoms with E-state index >= 15 is 0 Å². The third-order valence-electron chi connectivity index (χ3n) is 4.82. The van der Waals surface area contributed by atoms with Gasteiger partial charge in [-0.15, -0.1) is 0 Å². The molecule has 0 amide bonds. The number of phenolic OH excluding ortho intramolecular Hbond substituents is 3. The molecule has 0 bridgehead atoms. The zero-order valence-electron chi connectivity index (χ0n) is 15.4. The monoisotopic (exact) mass is 348 g/mol. The van der Waals surface area contributed by atoms with Crippen molar-refractivity contribution >= 4 is 0 Å².